The standard InChI is InChI=1S/C21H16BrFN4/c1-12-20(14-3-6-17(23)7-4-14)13(2)26-11-15-9-16(22)5-8-18(15)27-19(21(12)26)10-24-25-27/h3-10H,11H2,1-2H3. The van der Waals surface area contributed by atoms with Crippen LogP contribution < -0.4 is 0 Å². The first-order chi connectivity index (χ1) is 13.0. The van der Waals surface area contributed by atoms with Gasteiger partial charge in [0, 0.05) is 15.7 Å². The summed E-state index contributed by atoms with van der Waals surface area (Å²) in [5, 5.41) is 8.51. The molecule has 1 aliphatic heterocycles. The second-order valence-corrected chi connectivity index (χ2v) is 7.75. The number of benzene rings is 2. The molecule has 2 aromatic heterocycles. The zero-order chi connectivity index (χ0) is 18.7. The SMILES string of the molecule is Cc1c(-c2ccc(F)cc2)c(C)n2c1-c1cnnn1-c1ccc(Br)cc1C2. The number of nitrogens with zero attached hydrogens (tertiary/aromatic N) is 4. The van der Waals surface area contributed by atoms with Crippen LogP contribution >= 0.6 is 15.9 Å². The lowest BCUT2D eigenvalue weighted by atomic mass is 10.0. The number of halogens is 2. The molecule has 1 aliphatic rings. The normalized spacial score (nSPS) is 12.3. The van der Waals surface area contributed by atoms with Crippen molar-refractivity contribution in [3.8, 4) is 28.2 Å². The van der Waals surface area contributed by atoms with E-state index in [-0.39, 0.29) is 5.82 Å². The van der Waals surface area contributed by atoms with Crippen molar-refractivity contribution in [1.82, 2.24) is 19.6 Å². The molecule has 5 rings (SSSR count). The molecule has 4 nitrogen and oxygen atoms in total. The Morgan fingerprint density at radius 2 is 1.85 bits per heavy atom. The molecule has 0 bridgehead atoms. The maximum Gasteiger partial charge on any atom is 0.123 e. The van der Waals surface area contributed by atoms with Crippen LogP contribution in [0.15, 0.2) is 53.1 Å². The summed E-state index contributed by atoms with van der Waals surface area (Å²) in [6.45, 7) is 4.97. The van der Waals surface area contributed by atoms with Crippen LogP contribution in [0.3, 0.4) is 0 Å². The summed E-state index contributed by atoms with van der Waals surface area (Å²) >= 11 is 3.58. The summed E-state index contributed by atoms with van der Waals surface area (Å²) in [4.78, 5) is 0. The van der Waals surface area contributed by atoms with Gasteiger partial charge in [0.05, 0.1) is 24.1 Å². The summed E-state index contributed by atoms with van der Waals surface area (Å²) in [6.07, 6.45) is 1.81. The van der Waals surface area contributed by atoms with Gasteiger partial charge in [-0.2, -0.15) is 0 Å². The highest BCUT2D eigenvalue weighted by Crippen LogP contribution is 2.40. The van der Waals surface area contributed by atoms with E-state index in [1.54, 1.807) is 0 Å². The van der Waals surface area contributed by atoms with E-state index in [4.69, 9.17) is 0 Å². The average molecular weight is 423 g/mol. The minimum Gasteiger partial charge on any atom is -0.338 e. The fourth-order valence-electron chi connectivity index (χ4n) is 4.10. The van der Waals surface area contributed by atoms with Gasteiger partial charge in [-0.3, -0.25) is 0 Å². The van der Waals surface area contributed by atoms with Crippen LogP contribution in [0.5, 0.6) is 0 Å². The molecule has 0 aliphatic carbocycles. The molecule has 0 fully saturated rings. The highest BCUT2D eigenvalue weighted by molar-refractivity contribution is 9.10. The van der Waals surface area contributed by atoms with E-state index in [2.05, 4.69) is 56.8 Å². The molecule has 3 heterocycles. The van der Waals surface area contributed by atoms with E-state index in [9.17, 15) is 4.39 Å². The van der Waals surface area contributed by atoms with Crippen molar-refractivity contribution in [3.05, 3.63) is 75.8 Å². The Morgan fingerprint density at radius 1 is 1.07 bits per heavy atom. The minimum absolute atomic E-state index is 0.226. The smallest absolute Gasteiger partial charge is 0.123 e. The van der Waals surface area contributed by atoms with Crippen molar-refractivity contribution in [2.75, 3.05) is 0 Å². The summed E-state index contributed by atoms with van der Waals surface area (Å²) in [5.74, 6) is -0.226. The van der Waals surface area contributed by atoms with Crippen molar-refractivity contribution in [2.24, 2.45) is 0 Å². The van der Waals surface area contributed by atoms with Gasteiger partial charge in [-0.05, 0) is 60.9 Å². The predicted molar refractivity (Wildman–Crippen MR) is 106 cm³/mol. The van der Waals surface area contributed by atoms with Crippen molar-refractivity contribution < 1.29 is 4.39 Å². The fraction of sp³-hybridized carbons (Fsp3) is 0.143. The molecule has 4 aromatic rings. The summed E-state index contributed by atoms with van der Waals surface area (Å²) < 4.78 is 18.7. The fourth-order valence-corrected chi connectivity index (χ4v) is 4.51. The molecule has 0 atom stereocenters. The van der Waals surface area contributed by atoms with Gasteiger partial charge in [-0.15, -0.1) is 5.10 Å². The maximum atomic E-state index is 13.4. The second-order valence-electron chi connectivity index (χ2n) is 6.83. The Balaban J connectivity index is 1.82. The number of aromatic nitrogens is 4. The van der Waals surface area contributed by atoms with E-state index in [0.717, 1.165) is 50.5 Å². The Hall–Kier alpha value is -2.73. The van der Waals surface area contributed by atoms with Crippen molar-refractivity contribution in [1.29, 1.82) is 0 Å². The molecule has 0 amide bonds. The topological polar surface area (TPSA) is 35.6 Å². The van der Waals surface area contributed by atoms with Gasteiger partial charge < -0.3 is 4.57 Å². The van der Waals surface area contributed by atoms with Crippen LogP contribution in [0.2, 0.25) is 0 Å². The highest BCUT2D eigenvalue weighted by Gasteiger charge is 2.27. The van der Waals surface area contributed by atoms with Gasteiger partial charge >= 0.3 is 0 Å². The molecule has 27 heavy (non-hydrogen) atoms. The van der Waals surface area contributed by atoms with Crippen LogP contribution in [0, 0.1) is 19.7 Å². The Kier molecular flexibility index (Phi) is 3.59. The van der Waals surface area contributed by atoms with Gasteiger partial charge in [-0.1, -0.05) is 33.3 Å². The molecule has 0 spiro atoms. The van der Waals surface area contributed by atoms with Crippen molar-refractivity contribution >= 4 is 15.9 Å². The van der Waals surface area contributed by atoms with Gasteiger partial charge in [0.15, 0.2) is 0 Å². The Bertz CT molecular complexity index is 1190. The first kappa shape index (κ1) is 16.4. The van der Waals surface area contributed by atoms with E-state index < -0.39 is 0 Å². The Labute approximate surface area is 164 Å². The average Bonchev–Trinajstić information content (AvgIpc) is 3.16. The predicted octanol–water partition coefficient (Wildman–Crippen LogP) is 5.28. The maximum absolute atomic E-state index is 13.4. The third kappa shape index (κ3) is 2.40. The lowest BCUT2D eigenvalue weighted by Crippen LogP contribution is -2.04. The monoisotopic (exact) mass is 422 g/mol. The lowest BCUT2D eigenvalue weighted by molar-refractivity contribution is 0.628. The molecule has 2 aromatic carbocycles. The number of rotatable bonds is 1. The van der Waals surface area contributed by atoms with Crippen LogP contribution in [-0.2, 0) is 6.54 Å². The first-order valence-electron chi connectivity index (χ1n) is 8.70. The van der Waals surface area contributed by atoms with Crippen LogP contribution in [0.25, 0.3) is 28.2 Å². The van der Waals surface area contributed by atoms with E-state index in [0.29, 0.717) is 0 Å². The molecule has 134 valence electrons. The molecule has 0 radical (unpaired) electrons. The number of hydrogen-bond acceptors (Lipinski definition) is 2. The molecular weight excluding hydrogens is 407 g/mol. The zero-order valence-corrected chi connectivity index (χ0v) is 16.5. The van der Waals surface area contributed by atoms with Gasteiger partial charge in [0.25, 0.3) is 0 Å². The molecule has 0 unspecified atom stereocenters. The van der Waals surface area contributed by atoms with Gasteiger partial charge in [-0.25, -0.2) is 9.07 Å². The van der Waals surface area contributed by atoms with Crippen LogP contribution in [0.4, 0.5) is 4.39 Å². The first-order valence-corrected chi connectivity index (χ1v) is 9.49. The molecule has 6 heteroatoms. The van der Waals surface area contributed by atoms with E-state index in [1.165, 1.54) is 17.7 Å². The third-order valence-electron chi connectivity index (χ3n) is 5.29. The quantitative estimate of drug-likeness (QED) is 0.368. The van der Waals surface area contributed by atoms with E-state index in [1.807, 2.05) is 29.1 Å². The van der Waals surface area contributed by atoms with Crippen molar-refractivity contribution in [3.63, 3.8) is 0 Å². The van der Waals surface area contributed by atoms with Gasteiger partial charge in [0.2, 0.25) is 0 Å². The largest absolute Gasteiger partial charge is 0.338 e. The lowest BCUT2D eigenvalue weighted by Gasteiger charge is -2.11. The van der Waals surface area contributed by atoms with Crippen LogP contribution in [0.1, 0.15) is 16.8 Å². The van der Waals surface area contributed by atoms with Crippen LogP contribution in [-0.4, -0.2) is 19.6 Å². The molecular formula is C21H16BrFN4. The highest BCUT2D eigenvalue weighted by atomic mass is 79.9. The Morgan fingerprint density at radius 3 is 2.63 bits per heavy atom. The molecule has 0 N–H and O–H groups in total. The number of fused-ring (bicyclic) bond motifs is 5. The molecule has 0 saturated heterocycles. The van der Waals surface area contributed by atoms with Gasteiger partial charge in [0.1, 0.15) is 11.5 Å². The summed E-state index contributed by atoms with van der Waals surface area (Å²) in [5.41, 5.74) is 8.71. The number of hydrogen-bond donors (Lipinski definition) is 0. The van der Waals surface area contributed by atoms with Crippen molar-refractivity contribution in [2.45, 2.75) is 20.4 Å². The minimum atomic E-state index is -0.226. The second kappa shape index (κ2) is 5.89. The third-order valence-corrected chi connectivity index (χ3v) is 5.78. The summed E-state index contributed by atoms with van der Waals surface area (Å²) in [6, 6.07) is 12.9. The van der Waals surface area contributed by atoms with E-state index >= 15 is 0 Å². The molecule has 0 saturated carbocycles. The summed E-state index contributed by atoms with van der Waals surface area (Å²) in [7, 11) is 0. The zero-order valence-electron chi connectivity index (χ0n) is 14.9.